The predicted molar refractivity (Wildman–Crippen MR) is 186 cm³/mol. The fourth-order valence-electron chi connectivity index (χ4n) is 7.58. The third-order valence-corrected chi connectivity index (χ3v) is 12.7. The summed E-state index contributed by atoms with van der Waals surface area (Å²) in [5, 5.41) is 7.35. The van der Waals surface area contributed by atoms with Crippen molar-refractivity contribution in [1.29, 1.82) is 0 Å². The number of benzene rings is 1. The summed E-state index contributed by atoms with van der Waals surface area (Å²) >= 11 is 0. The van der Waals surface area contributed by atoms with Gasteiger partial charge in [0.2, 0.25) is 21.8 Å². The molecule has 4 N–H and O–H groups in total. The molecule has 6 rings (SSSR count). The van der Waals surface area contributed by atoms with Crippen molar-refractivity contribution >= 4 is 39.7 Å². The molecule has 4 fully saturated rings. The van der Waals surface area contributed by atoms with Crippen molar-refractivity contribution in [2.75, 3.05) is 13.7 Å². The van der Waals surface area contributed by atoms with E-state index in [1.165, 1.54) is 4.90 Å². The van der Waals surface area contributed by atoms with Gasteiger partial charge in [0.05, 0.1) is 17.9 Å². The molecule has 2 heterocycles. The lowest BCUT2D eigenvalue weighted by molar-refractivity contribution is -0.141. The number of sulfonamides is 1. The van der Waals surface area contributed by atoms with E-state index in [-0.39, 0.29) is 37.5 Å². The molecule has 0 unspecified atom stereocenters. The smallest absolute Gasteiger partial charge is 0.419 e. The maximum Gasteiger partial charge on any atom is 0.419 e. The lowest BCUT2D eigenvalue weighted by Crippen LogP contribution is -2.58. The largest absolute Gasteiger partial charge is 0.496 e. The molecule has 3 aliphatic carbocycles. The van der Waals surface area contributed by atoms with Crippen LogP contribution in [0.15, 0.2) is 30.4 Å². The molecule has 14 nitrogen and oxygen atoms in total. The second kappa shape index (κ2) is 15.8. The molecular weight excluding hydrogens is 735 g/mol. The molecule has 1 aromatic carbocycles. The van der Waals surface area contributed by atoms with Gasteiger partial charge in [-0.05, 0) is 88.8 Å². The predicted octanol–water partition coefficient (Wildman–Crippen LogP) is 3.45. The van der Waals surface area contributed by atoms with E-state index in [1.54, 1.807) is 6.08 Å². The molecule has 0 bridgehead atoms. The Hall–Kier alpha value is -4.35. The number of carbonyl (C=O) groups excluding carboxylic acids is 5. The summed E-state index contributed by atoms with van der Waals surface area (Å²) in [4.78, 5) is 69.7. The molecule has 5 aliphatic rings. The van der Waals surface area contributed by atoms with Gasteiger partial charge >= 0.3 is 12.3 Å². The minimum atomic E-state index is -4.82. The minimum absolute atomic E-state index is 0.109. The number of alkyl halides is 3. The van der Waals surface area contributed by atoms with Crippen molar-refractivity contribution < 1.29 is 55.0 Å². The van der Waals surface area contributed by atoms with E-state index in [4.69, 9.17) is 9.47 Å². The number of alkyl carbamates (subject to hydrolysis) is 1. The molecule has 3 saturated carbocycles. The number of methoxy groups -OCH3 is 1. The summed E-state index contributed by atoms with van der Waals surface area (Å²) in [5.41, 5.74) is -3.12. The van der Waals surface area contributed by atoms with Crippen LogP contribution in [-0.2, 0) is 35.3 Å². The van der Waals surface area contributed by atoms with Crippen LogP contribution in [0.1, 0.15) is 99.4 Å². The molecule has 54 heavy (non-hydrogen) atoms. The van der Waals surface area contributed by atoms with Gasteiger partial charge in [-0.25, -0.2) is 13.2 Å². The molecule has 0 aromatic heterocycles. The van der Waals surface area contributed by atoms with Crippen LogP contribution >= 0.6 is 0 Å². The summed E-state index contributed by atoms with van der Waals surface area (Å²) in [7, 11) is -2.90. The summed E-state index contributed by atoms with van der Waals surface area (Å²) in [6.07, 6.45) is 4.51. The lowest BCUT2D eigenvalue weighted by Gasteiger charge is -2.30. The first-order valence-electron chi connectivity index (χ1n) is 18.5. The van der Waals surface area contributed by atoms with E-state index >= 15 is 0 Å². The highest BCUT2D eigenvalue weighted by molar-refractivity contribution is 7.91. The summed E-state index contributed by atoms with van der Waals surface area (Å²) in [5.74, 6) is -4.23. The van der Waals surface area contributed by atoms with E-state index in [9.17, 15) is 45.6 Å². The molecule has 18 heteroatoms. The fourth-order valence-corrected chi connectivity index (χ4v) is 8.94. The van der Waals surface area contributed by atoms with Crippen molar-refractivity contribution in [3.05, 3.63) is 41.5 Å². The Morgan fingerprint density at radius 1 is 0.981 bits per heavy atom. The Kier molecular flexibility index (Phi) is 11.5. The van der Waals surface area contributed by atoms with Gasteiger partial charge in [-0.2, -0.15) is 13.2 Å². The summed E-state index contributed by atoms with van der Waals surface area (Å²) < 4.78 is 79.2. The van der Waals surface area contributed by atoms with Gasteiger partial charge in [-0.15, -0.1) is 0 Å². The third kappa shape index (κ3) is 8.95. The number of rotatable bonds is 8. The van der Waals surface area contributed by atoms with Gasteiger partial charge in [-0.3, -0.25) is 23.9 Å². The van der Waals surface area contributed by atoms with Crippen LogP contribution < -0.4 is 25.4 Å². The quantitative estimate of drug-likeness (QED) is 0.287. The topological polar surface area (TPSA) is 189 Å². The Labute approximate surface area is 311 Å². The van der Waals surface area contributed by atoms with Gasteiger partial charge in [0.25, 0.3) is 11.8 Å². The van der Waals surface area contributed by atoms with Gasteiger partial charge < -0.3 is 30.3 Å². The van der Waals surface area contributed by atoms with Crippen LogP contribution in [0.3, 0.4) is 0 Å². The van der Waals surface area contributed by atoms with Crippen LogP contribution in [0.4, 0.5) is 18.0 Å². The Balaban J connectivity index is 1.27. The zero-order chi connectivity index (χ0) is 38.8. The van der Waals surface area contributed by atoms with Crippen molar-refractivity contribution in [2.45, 2.75) is 125 Å². The van der Waals surface area contributed by atoms with Crippen LogP contribution in [0, 0.1) is 5.92 Å². The molecule has 5 atom stereocenters. The molecule has 0 spiro atoms. The molecular formula is C36H46F3N5O9S. The number of nitrogens with zero attached hydrogens (tertiary/aromatic N) is 1. The lowest BCUT2D eigenvalue weighted by atomic mass is 10.0. The third-order valence-electron chi connectivity index (χ3n) is 10.9. The second-order valence-corrected chi connectivity index (χ2v) is 16.8. The highest BCUT2D eigenvalue weighted by atomic mass is 32.2. The maximum atomic E-state index is 14.3. The normalized spacial score (nSPS) is 28.7. The van der Waals surface area contributed by atoms with Gasteiger partial charge in [-0.1, -0.05) is 25.0 Å². The minimum Gasteiger partial charge on any atom is -0.496 e. The zero-order valence-corrected chi connectivity index (χ0v) is 30.7. The standard InChI is InChI=1S/C36H46F3N5O9S/c1-52-29-16-13-21(17-26(29)36(37,38)39)30(45)40-23-18-28-31(46)42-35(33(48)43-54(50,51)25-14-15-25)19-22(35)9-5-3-2-4-6-12-27(32(47)44(28)20-23)41-34(49)53-24-10-7-8-11-24/h5,9,13,16-17,22-25,27-28H,2-4,6-8,10-12,14-15,18-20H2,1H3,(H,40,45)(H,41,49)(H,42,46)(H,43,48)/b9-5-/t22-,23+,27-,28-,35+/m0/s1. The first-order chi connectivity index (χ1) is 25.6. The van der Waals surface area contributed by atoms with E-state index < -0.39 is 92.1 Å². The highest BCUT2D eigenvalue weighted by Gasteiger charge is 2.62. The number of carbonyl (C=O) groups is 5. The van der Waals surface area contributed by atoms with Gasteiger partial charge in [0, 0.05) is 24.1 Å². The molecule has 0 radical (unpaired) electrons. The maximum absolute atomic E-state index is 14.3. The fraction of sp³-hybridized carbons (Fsp3) is 0.639. The molecule has 2 aliphatic heterocycles. The Morgan fingerprint density at radius 2 is 1.70 bits per heavy atom. The van der Waals surface area contributed by atoms with Crippen molar-refractivity contribution in [2.24, 2.45) is 5.92 Å². The summed E-state index contributed by atoms with van der Waals surface area (Å²) in [6, 6.07) is -0.537. The Bertz CT molecular complexity index is 1780. The highest BCUT2D eigenvalue weighted by Crippen LogP contribution is 2.46. The molecule has 1 saturated heterocycles. The van der Waals surface area contributed by atoms with E-state index in [2.05, 4.69) is 20.7 Å². The first-order valence-corrected chi connectivity index (χ1v) is 20.0. The number of hydrogen-bond donors (Lipinski definition) is 4. The SMILES string of the molecule is COc1ccc(C(=O)N[C@@H]2C[C@H]3C(=O)N[C@]4(C(=O)NS(=O)(=O)C5CC5)C[C@@H]4/C=C\CCCCC[C@H](NC(=O)OC4CCCC4)C(=O)N3C2)cc1C(F)(F)F. The molecule has 1 aromatic rings. The monoisotopic (exact) mass is 781 g/mol. The van der Waals surface area contributed by atoms with Crippen LogP contribution in [-0.4, -0.2) is 91.7 Å². The van der Waals surface area contributed by atoms with E-state index in [0.29, 0.717) is 51.0 Å². The van der Waals surface area contributed by atoms with Gasteiger partial charge in [0.15, 0.2) is 0 Å². The zero-order valence-electron chi connectivity index (χ0n) is 29.9. The molecule has 5 amide bonds. The van der Waals surface area contributed by atoms with Crippen molar-refractivity contribution in [3.8, 4) is 5.75 Å². The number of halogens is 3. The molecule has 296 valence electrons. The second-order valence-electron chi connectivity index (χ2n) is 14.8. The van der Waals surface area contributed by atoms with Crippen LogP contribution in [0.25, 0.3) is 0 Å². The van der Waals surface area contributed by atoms with Gasteiger partial charge in [0.1, 0.15) is 29.5 Å². The number of allylic oxidation sites excluding steroid dienone is 1. The summed E-state index contributed by atoms with van der Waals surface area (Å²) in [6.45, 7) is -0.251. The first kappa shape index (κ1) is 39.3. The number of amides is 5. The average molecular weight is 782 g/mol. The van der Waals surface area contributed by atoms with Crippen LogP contribution in [0.2, 0.25) is 0 Å². The van der Waals surface area contributed by atoms with E-state index in [1.807, 2.05) is 6.08 Å². The van der Waals surface area contributed by atoms with E-state index in [0.717, 1.165) is 38.5 Å². The van der Waals surface area contributed by atoms with Crippen molar-refractivity contribution in [3.63, 3.8) is 0 Å². The number of fused-ring (bicyclic) bond motifs is 2. The van der Waals surface area contributed by atoms with Crippen molar-refractivity contribution in [1.82, 2.24) is 25.6 Å². The number of hydrogen-bond acceptors (Lipinski definition) is 9. The number of ether oxygens (including phenoxy) is 2. The Morgan fingerprint density at radius 3 is 2.39 bits per heavy atom. The number of nitrogens with one attached hydrogen (secondary N) is 4. The average Bonchev–Trinajstić information content (AvgIpc) is 3.99. The van der Waals surface area contributed by atoms with Crippen LogP contribution in [0.5, 0.6) is 5.75 Å².